The third kappa shape index (κ3) is 4.93. The van der Waals surface area contributed by atoms with Gasteiger partial charge in [-0.05, 0) is 50.6 Å². The van der Waals surface area contributed by atoms with E-state index in [2.05, 4.69) is 23.7 Å². The van der Waals surface area contributed by atoms with Gasteiger partial charge in [-0.25, -0.2) is 4.98 Å². The van der Waals surface area contributed by atoms with Gasteiger partial charge < -0.3 is 9.80 Å². The molecule has 0 atom stereocenters. The molecule has 3 heterocycles. The van der Waals surface area contributed by atoms with Crippen LogP contribution in [0.1, 0.15) is 57.6 Å². The number of likely N-dealkylation sites (tertiary alicyclic amines) is 2. The highest BCUT2D eigenvalue weighted by molar-refractivity contribution is 5.76. The zero-order valence-corrected chi connectivity index (χ0v) is 16.2. The number of piperidine rings is 2. The Bertz CT molecular complexity index is 662. The second-order valence-electron chi connectivity index (χ2n) is 8.08. The van der Waals surface area contributed by atoms with Gasteiger partial charge in [-0.2, -0.15) is 0 Å². The zero-order valence-electron chi connectivity index (χ0n) is 16.2. The molecular formula is C20H32N4O2. The van der Waals surface area contributed by atoms with Crippen molar-refractivity contribution < 1.29 is 4.79 Å². The molecule has 2 fully saturated rings. The highest BCUT2D eigenvalue weighted by Gasteiger charge is 2.22. The van der Waals surface area contributed by atoms with E-state index in [1.54, 1.807) is 17.0 Å². The average Bonchev–Trinajstić information content (AvgIpc) is 2.64. The van der Waals surface area contributed by atoms with Crippen LogP contribution in [0.2, 0.25) is 0 Å². The molecule has 1 aromatic heterocycles. The Kier molecular flexibility index (Phi) is 6.46. The van der Waals surface area contributed by atoms with Gasteiger partial charge in [0.25, 0.3) is 5.56 Å². The minimum atomic E-state index is 0.0646. The summed E-state index contributed by atoms with van der Waals surface area (Å²) in [5, 5.41) is 0. The normalized spacial score (nSPS) is 20.1. The second kappa shape index (κ2) is 8.80. The molecule has 3 rings (SSSR count). The van der Waals surface area contributed by atoms with Crippen molar-refractivity contribution in [3.63, 3.8) is 0 Å². The van der Waals surface area contributed by atoms with Gasteiger partial charge in [-0.15, -0.1) is 0 Å². The zero-order chi connectivity index (χ0) is 18.5. The molecule has 2 aliphatic rings. The predicted octanol–water partition coefficient (Wildman–Crippen LogP) is 2.09. The number of rotatable bonds is 6. The van der Waals surface area contributed by atoms with E-state index in [1.807, 2.05) is 4.90 Å². The molecule has 2 saturated heterocycles. The van der Waals surface area contributed by atoms with Gasteiger partial charge in [-0.1, -0.05) is 13.8 Å². The number of carbonyl (C=O) groups excluding carboxylic acids is 1. The van der Waals surface area contributed by atoms with E-state index in [1.165, 1.54) is 0 Å². The molecule has 0 unspecified atom stereocenters. The lowest BCUT2D eigenvalue weighted by molar-refractivity contribution is -0.133. The van der Waals surface area contributed by atoms with Crippen molar-refractivity contribution in [1.82, 2.24) is 19.4 Å². The molecule has 6 heteroatoms. The molecule has 1 amide bonds. The minimum Gasteiger partial charge on any atom is -0.341 e. The van der Waals surface area contributed by atoms with Crippen molar-refractivity contribution in [2.45, 2.75) is 58.4 Å². The van der Waals surface area contributed by atoms with E-state index in [9.17, 15) is 9.59 Å². The van der Waals surface area contributed by atoms with E-state index >= 15 is 0 Å². The van der Waals surface area contributed by atoms with E-state index in [0.29, 0.717) is 11.8 Å². The molecule has 2 aliphatic heterocycles. The fourth-order valence-electron chi connectivity index (χ4n) is 3.92. The first-order valence-corrected chi connectivity index (χ1v) is 10.1. The van der Waals surface area contributed by atoms with E-state index < -0.39 is 0 Å². The summed E-state index contributed by atoms with van der Waals surface area (Å²) in [4.78, 5) is 33.1. The van der Waals surface area contributed by atoms with Crippen molar-refractivity contribution in [3.8, 4) is 0 Å². The molecule has 0 saturated carbocycles. The van der Waals surface area contributed by atoms with Crippen LogP contribution in [-0.4, -0.2) is 58.0 Å². The molecule has 0 spiro atoms. The smallest absolute Gasteiger partial charge is 0.253 e. The summed E-state index contributed by atoms with van der Waals surface area (Å²) < 4.78 is 1.76. The predicted molar refractivity (Wildman–Crippen MR) is 102 cm³/mol. The third-order valence-electron chi connectivity index (χ3n) is 5.76. The van der Waals surface area contributed by atoms with Gasteiger partial charge in [0.2, 0.25) is 5.91 Å². The van der Waals surface area contributed by atoms with Crippen LogP contribution in [0.15, 0.2) is 17.2 Å². The van der Waals surface area contributed by atoms with E-state index in [0.717, 1.165) is 77.1 Å². The summed E-state index contributed by atoms with van der Waals surface area (Å²) in [5.41, 5.74) is 0.933. The molecule has 0 N–H and O–H groups in total. The Morgan fingerprint density at radius 2 is 1.88 bits per heavy atom. The maximum absolute atomic E-state index is 12.3. The quantitative estimate of drug-likeness (QED) is 0.779. The summed E-state index contributed by atoms with van der Waals surface area (Å²) in [7, 11) is 0. The fraction of sp³-hybridized carbons (Fsp3) is 0.750. The summed E-state index contributed by atoms with van der Waals surface area (Å²) in [6.07, 6.45) is 6.84. The Labute approximate surface area is 156 Å². The van der Waals surface area contributed by atoms with Crippen LogP contribution < -0.4 is 5.56 Å². The standard InChI is InChI=1S/C20H32N4O2/c1-16(2)18-13-20(26)24(15-21-18)14-17-6-9-22(10-7-17)11-12-23-8-4-3-5-19(23)25/h13,15-17H,3-12,14H2,1-2H3. The lowest BCUT2D eigenvalue weighted by atomic mass is 9.96. The first-order chi connectivity index (χ1) is 12.5. The minimum absolute atomic E-state index is 0.0646. The van der Waals surface area contributed by atoms with Gasteiger partial charge in [-0.3, -0.25) is 14.2 Å². The monoisotopic (exact) mass is 360 g/mol. The Morgan fingerprint density at radius 3 is 2.54 bits per heavy atom. The van der Waals surface area contributed by atoms with Crippen LogP contribution in [0.25, 0.3) is 0 Å². The number of amides is 1. The topological polar surface area (TPSA) is 58.4 Å². The van der Waals surface area contributed by atoms with Crippen LogP contribution in [0.5, 0.6) is 0 Å². The molecule has 0 aliphatic carbocycles. The number of aromatic nitrogens is 2. The maximum atomic E-state index is 12.3. The average molecular weight is 361 g/mol. The first-order valence-electron chi connectivity index (χ1n) is 10.1. The van der Waals surface area contributed by atoms with Crippen molar-refractivity contribution in [2.24, 2.45) is 5.92 Å². The van der Waals surface area contributed by atoms with Crippen molar-refractivity contribution in [1.29, 1.82) is 0 Å². The number of carbonyl (C=O) groups is 1. The first kappa shape index (κ1) is 19.1. The lowest BCUT2D eigenvalue weighted by Gasteiger charge is -2.34. The second-order valence-corrected chi connectivity index (χ2v) is 8.08. The van der Waals surface area contributed by atoms with Gasteiger partial charge in [0.05, 0.1) is 12.0 Å². The van der Waals surface area contributed by atoms with Crippen LogP contribution in [0.4, 0.5) is 0 Å². The molecule has 1 aromatic rings. The van der Waals surface area contributed by atoms with E-state index in [-0.39, 0.29) is 11.5 Å². The largest absolute Gasteiger partial charge is 0.341 e. The molecule has 6 nitrogen and oxygen atoms in total. The van der Waals surface area contributed by atoms with Crippen LogP contribution >= 0.6 is 0 Å². The fourth-order valence-corrected chi connectivity index (χ4v) is 3.92. The summed E-state index contributed by atoms with van der Waals surface area (Å²) in [6, 6.07) is 1.68. The highest BCUT2D eigenvalue weighted by atomic mass is 16.2. The summed E-state index contributed by atoms with van der Waals surface area (Å²) >= 11 is 0. The third-order valence-corrected chi connectivity index (χ3v) is 5.76. The molecule has 0 bridgehead atoms. The van der Waals surface area contributed by atoms with Crippen LogP contribution in [0.3, 0.4) is 0 Å². The summed E-state index contributed by atoms with van der Waals surface area (Å²) in [5.74, 6) is 1.14. The van der Waals surface area contributed by atoms with Gasteiger partial charge in [0, 0.05) is 38.7 Å². The molecule has 0 aromatic carbocycles. The Morgan fingerprint density at radius 1 is 1.12 bits per heavy atom. The SMILES string of the molecule is CC(C)c1cc(=O)n(CC2CCN(CCN3CCCCC3=O)CC2)cn1. The van der Waals surface area contributed by atoms with Gasteiger partial charge in [0.15, 0.2) is 0 Å². The molecule has 144 valence electrons. The highest BCUT2D eigenvalue weighted by Crippen LogP contribution is 2.19. The molecular weight excluding hydrogens is 328 g/mol. The lowest BCUT2D eigenvalue weighted by Crippen LogP contribution is -2.43. The van der Waals surface area contributed by atoms with E-state index in [4.69, 9.17) is 0 Å². The molecule has 0 radical (unpaired) electrons. The Hall–Kier alpha value is -1.69. The Balaban J connectivity index is 1.44. The molecule has 26 heavy (non-hydrogen) atoms. The van der Waals surface area contributed by atoms with Crippen LogP contribution in [-0.2, 0) is 11.3 Å². The number of hydrogen-bond acceptors (Lipinski definition) is 4. The maximum Gasteiger partial charge on any atom is 0.253 e. The number of hydrogen-bond donors (Lipinski definition) is 0. The van der Waals surface area contributed by atoms with Crippen LogP contribution in [0, 0.1) is 5.92 Å². The number of nitrogens with zero attached hydrogens (tertiary/aromatic N) is 4. The van der Waals surface area contributed by atoms with Crippen molar-refractivity contribution in [3.05, 3.63) is 28.4 Å². The van der Waals surface area contributed by atoms with Gasteiger partial charge in [0.1, 0.15) is 0 Å². The van der Waals surface area contributed by atoms with Crippen molar-refractivity contribution in [2.75, 3.05) is 32.7 Å². The summed E-state index contributed by atoms with van der Waals surface area (Å²) in [6.45, 7) is 9.75. The van der Waals surface area contributed by atoms with Gasteiger partial charge >= 0.3 is 0 Å². The van der Waals surface area contributed by atoms with Crippen molar-refractivity contribution >= 4 is 5.91 Å².